The van der Waals surface area contributed by atoms with Gasteiger partial charge in [-0.1, -0.05) is 29.8 Å². The monoisotopic (exact) mass is 451 g/mol. The molecule has 1 fully saturated rings. The average molecular weight is 452 g/mol. The molecule has 4 rings (SSSR count). The first-order chi connectivity index (χ1) is 15.4. The average Bonchev–Trinajstić information content (AvgIpc) is 3.14. The second-order valence-corrected chi connectivity index (χ2v) is 9.78. The molecular weight excluding hydrogens is 422 g/mol. The first-order valence-electron chi connectivity index (χ1n) is 10.9. The number of hydrogen-bond acceptors (Lipinski definition) is 5. The highest BCUT2D eigenvalue weighted by atomic mass is 32.2. The molecule has 32 heavy (non-hydrogen) atoms. The Morgan fingerprint density at radius 1 is 1.03 bits per heavy atom. The van der Waals surface area contributed by atoms with Crippen LogP contribution in [-0.2, 0) is 21.7 Å². The quantitative estimate of drug-likeness (QED) is 0.532. The van der Waals surface area contributed by atoms with Crippen molar-refractivity contribution in [2.24, 2.45) is 0 Å². The Labute approximate surface area is 192 Å². The lowest BCUT2D eigenvalue weighted by atomic mass is 10.1. The lowest BCUT2D eigenvalue weighted by molar-refractivity contribution is -0.128. The molecular formula is C25H29N3O3S. The molecule has 1 saturated heterocycles. The molecule has 0 radical (unpaired) electrons. The van der Waals surface area contributed by atoms with Gasteiger partial charge in [-0.05, 0) is 61.8 Å². The highest BCUT2D eigenvalue weighted by Crippen LogP contribution is 2.24. The zero-order valence-corrected chi connectivity index (χ0v) is 19.7. The molecule has 2 heterocycles. The van der Waals surface area contributed by atoms with Gasteiger partial charge < -0.3 is 18.8 Å². The minimum absolute atomic E-state index is 0.0105. The summed E-state index contributed by atoms with van der Waals surface area (Å²) < 4.78 is 18.5. The van der Waals surface area contributed by atoms with E-state index in [0.717, 1.165) is 24.2 Å². The topological polar surface area (TPSA) is 72.6 Å². The van der Waals surface area contributed by atoms with E-state index in [-0.39, 0.29) is 17.4 Å². The number of benzene rings is 2. The van der Waals surface area contributed by atoms with E-state index in [1.807, 2.05) is 43.0 Å². The van der Waals surface area contributed by atoms with Crippen molar-refractivity contribution in [3.63, 3.8) is 0 Å². The van der Waals surface area contributed by atoms with Gasteiger partial charge in [-0.15, -0.1) is 0 Å². The van der Waals surface area contributed by atoms with Gasteiger partial charge in [0.25, 0.3) is 5.91 Å². The summed E-state index contributed by atoms with van der Waals surface area (Å²) >= 11 is -1.33. The standard InChI is InChI=1S/C25H29N3O3S/c1-18-7-9-21(10-8-18)25-26-23(20(3)31-25)16-32(30)17-24(29)28-13-11-27(12-14-28)22-6-4-5-19(2)15-22/h4-10,15H,11-14,16-17H2,1-3H3. The normalized spacial score (nSPS) is 15.1. The molecule has 0 saturated carbocycles. The van der Waals surface area contributed by atoms with Gasteiger partial charge >= 0.3 is 0 Å². The molecule has 1 amide bonds. The molecule has 168 valence electrons. The molecule has 1 aliphatic heterocycles. The van der Waals surface area contributed by atoms with Gasteiger partial charge in [0, 0.05) is 37.4 Å². The largest absolute Gasteiger partial charge is 0.616 e. The molecule has 1 unspecified atom stereocenters. The van der Waals surface area contributed by atoms with Crippen LogP contribution in [0, 0.1) is 20.8 Å². The van der Waals surface area contributed by atoms with Gasteiger partial charge in [-0.25, -0.2) is 4.98 Å². The fourth-order valence-corrected chi connectivity index (χ4v) is 4.99. The minimum atomic E-state index is -1.33. The second kappa shape index (κ2) is 9.79. The van der Waals surface area contributed by atoms with Crippen molar-refractivity contribution in [2.45, 2.75) is 26.5 Å². The predicted octanol–water partition coefficient (Wildman–Crippen LogP) is 3.86. The molecule has 3 aromatic rings. The lowest BCUT2D eigenvalue weighted by Gasteiger charge is -2.36. The second-order valence-electron chi connectivity index (χ2n) is 8.32. The number of rotatable bonds is 6. The third-order valence-electron chi connectivity index (χ3n) is 5.77. The first-order valence-corrected chi connectivity index (χ1v) is 12.4. The van der Waals surface area contributed by atoms with E-state index < -0.39 is 11.2 Å². The molecule has 1 atom stereocenters. The van der Waals surface area contributed by atoms with Gasteiger partial charge in [0.05, 0.1) is 0 Å². The van der Waals surface area contributed by atoms with E-state index in [4.69, 9.17) is 4.42 Å². The number of aromatic nitrogens is 1. The zero-order chi connectivity index (χ0) is 22.7. The van der Waals surface area contributed by atoms with Gasteiger partial charge in [-0.2, -0.15) is 0 Å². The van der Waals surface area contributed by atoms with E-state index in [9.17, 15) is 9.35 Å². The van der Waals surface area contributed by atoms with Crippen molar-refractivity contribution in [1.29, 1.82) is 0 Å². The van der Waals surface area contributed by atoms with Crippen molar-refractivity contribution in [3.8, 4) is 11.5 Å². The Hall–Kier alpha value is -2.77. The Morgan fingerprint density at radius 2 is 1.75 bits per heavy atom. The molecule has 0 spiro atoms. The highest BCUT2D eigenvalue weighted by molar-refractivity contribution is 7.91. The van der Waals surface area contributed by atoms with Crippen LogP contribution >= 0.6 is 0 Å². The van der Waals surface area contributed by atoms with Crippen LogP contribution in [0.15, 0.2) is 52.9 Å². The number of aryl methyl sites for hydroxylation is 3. The number of amides is 1. The van der Waals surface area contributed by atoms with Crippen LogP contribution in [0.4, 0.5) is 5.69 Å². The first kappa shape index (κ1) is 22.4. The fourth-order valence-electron chi connectivity index (χ4n) is 3.85. The van der Waals surface area contributed by atoms with Crippen molar-refractivity contribution >= 4 is 22.8 Å². The molecule has 7 heteroatoms. The lowest BCUT2D eigenvalue weighted by Crippen LogP contribution is -2.50. The van der Waals surface area contributed by atoms with Crippen LogP contribution in [0.3, 0.4) is 0 Å². The Kier molecular flexibility index (Phi) is 6.86. The summed E-state index contributed by atoms with van der Waals surface area (Å²) in [6, 6.07) is 16.3. The van der Waals surface area contributed by atoms with Gasteiger partial charge in [0.15, 0.2) is 11.5 Å². The minimum Gasteiger partial charge on any atom is -0.616 e. The number of nitrogens with zero attached hydrogens (tertiary/aromatic N) is 3. The summed E-state index contributed by atoms with van der Waals surface area (Å²) in [5.41, 5.74) is 5.11. The summed E-state index contributed by atoms with van der Waals surface area (Å²) in [6.45, 7) is 8.78. The number of carbonyl (C=O) groups excluding carboxylic acids is 1. The van der Waals surface area contributed by atoms with Crippen molar-refractivity contribution in [2.75, 3.05) is 36.8 Å². The summed E-state index contributed by atoms with van der Waals surface area (Å²) in [5.74, 6) is 1.33. The Bertz CT molecular complexity index is 1070. The summed E-state index contributed by atoms with van der Waals surface area (Å²) in [5, 5.41) is 0. The van der Waals surface area contributed by atoms with E-state index in [2.05, 4.69) is 41.1 Å². The number of oxazole rings is 1. The van der Waals surface area contributed by atoms with Crippen LogP contribution in [0.25, 0.3) is 11.5 Å². The molecule has 2 aromatic carbocycles. The van der Waals surface area contributed by atoms with Crippen LogP contribution in [0.5, 0.6) is 0 Å². The molecule has 6 nitrogen and oxygen atoms in total. The summed E-state index contributed by atoms with van der Waals surface area (Å²) in [6.07, 6.45) is 0. The van der Waals surface area contributed by atoms with Crippen molar-refractivity contribution < 1.29 is 13.8 Å². The van der Waals surface area contributed by atoms with E-state index in [0.29, 0.717) is 30.4 Å². The predicted molar refractivity (Wildman–Crippen MR) is 128 cm³/mol. The number of piperazine rings is 1. The molecule has 0 bridgehead atoms. The summed E-state index contributed by atoms with van der Waals surface area (Å²) in [7, 11) is 0. The van der Waals surface area contributed by atoms with Gasteiger partial charge in [0.2, 0.25) is 5.89 Å². The smallest absolute Gasteiger partial charge is 0.272 e. The van der Waals surface area contributed by atoms with Crippen LogP contribution in [0.1, 0.15) is 22.6 Å². The van der Waals surface area contributed by atoms with E-state index >= 15 is 0 Å². The Balaban J connectivity index is 1.30. The van der Waals surface area contributed by atoms with Crippen LogP contribution in [-0.4, -0.2) is 52.3 Å². The van der Waals surface area contributed by atoms with E-state index in [1.54, 1.807) is 0 Å². The fraction of sp³-hybridized carbons (Fsp3) is 0.360. The number of hydrogen-bond donors (Lipinski definition) is 0. The molecule has 0 aliphatic carbocycles. The third-order valence-corrected chi connectivity index (χ3v) is 6.94. The molecule has 1 aromatic heterocycles. The molecule has 0 N–H and O–H groups in total. The maximum absolute atomic E-state index is 12.7. The Morgan fingerprint density at radius 3 is 2.44 bits per heavy atom. The zero-order valence-electron chi connectivity index (χ0n) is 18.8. The third kappa shape index (κ3) is 5.34. The number of anilines is 1. The number of carbonyl (C=O) groups is 1. The highest BCUT2D eigenvalue weighted by Gasteiger charge is 2.26. The SMILES string of the molecule is Cc1ccc(-c2nc(C[S+]([O-])CC(=O)N3CCN(c4cccc(C)c4)CC3)c(C)o2)cc1. The van der Waals surface area contributed by atoms with Crippen LogP contribution < -0.4 is 4.90 Å². The molecule has 1 aliphatic rings. The van der Waals surface area contributed by atoms with Gasteiger partial charge in [0.1, 0.15) is 11.5 Å². The maximum atomic E-state index is 12.7. The summed E-state index contributed by atoms with van der Waals surface area (Å²) in [4.78, 5) is 21.3. The van der Waals surface area contributed by atoms with E-state index in [1.165, 1.54) is 11.3 Å². The van der Waals surface area contributed by atoms with Gasteiger partial charge in [-0.3, -0.25) is 4.79 Å². The van der Waals surface area contributed by atoms with Crippen molar-refractivity contribution in [3.05, 3.63) is 71.1 Å². The van der Waals surface area contributed by atoms with Crippen LogP contribution in [0.2, 0.25) is 0 Å². The maximum Gasteiger partial charge on any atom is 0.272 e. The van der Waals surface area contributed by atoms with Crippen molar-refractivity contribution in [1.82, 2.24) is 9.88 Å².